The highest BCUT2D eigenvalue weighted by Gasteiger charge is 2.42. The van der Waals surface area contributed by atoms with E-state index in [2.05, 4.69) is 44.8 Å². The first kappa shape index (κ1) is 17.3. The third-order valence-electron chi connectivity index (χ3n) is 5.90. The monoisotopic (exact) mass is 294 g/mol. The van der Waals surface area contributed by atoms with Crippen molar-refractivity contribution in [3.63, 3.8) is 0 Å². The Kier molecular flexibility index (Phi) is 6.14. The van der Waals surface area contributed by atoms with Crippen LogP contribution in [0.3, 0.4) is 0 Å². The first-order valence-electron chi connectivity index (χ1n) is 9.44. The van der Waals surface area contributed by atoms with Crippen LogP contribution in [0.2, 0.25) is 0 Å². The van der Waals surface area contributed by atoms with E-state index in [1.807, 2.05) is 0 Å². The Labute approximate surface area is 133 Å². The lowest BCUT2D eigenvalue weighted by atomic mass is 9.87. The fourth-order valence-electron chi connectivity index (χ4n) is 4.44. The van der Waals surface area contributed by atoms with Crippen molar-refractivity contribution in [2.45, 2.75) is 97.2 Å². The molecule has 0 aromatic heterocycles. The van der Waals surface area contributed by atoms with Gasteiger partial charge in [0.25, 0.3) is 0 Å². The Balaban J connectivity index is 1.96. The van der Waals surface area contributed by atoms with Crippen LogP contribution in [-0.4, -0.2) is 35.6 Å². The lowest BCUT2D eigenvalue weighted by Crippen LogP contribution is -2.66. The molecule has 0 bridgehead atoms. The number of rotatable bonds is 6. The van der Waals surface area contributed by atoms with Crippen LogP contribution in [0.1, 0.15) is 79.6 Å². The molecule has 1 heterocycles. The molecule has 2 aliphatic rings. The summed E-state index contributed by atoms with van der Waals surface area (Å²) in [6.45, 7) is 14.5. The van der Waals surface area contributed by atoms with Crippen LogP contribution < -0.4 is 5.32 Å². The zero-order valence-electron chi connectivity index (χ0n) is 15.1. The van der Waals surface area contributed by atoms with E-state index in [0.717, 1.165) is 23.9 Å². The highest BCUT2D eigenvalue weighted by Crippen LogP contribution is 2.35. The molecule has 1 N–H and O–H groups in total. The Morgan fingerprint density at radius 3 is 2.29 bits per heavy atom. The molecule has 0 amide bonds. The Morgan fingerprint density at radius 2 is 1.71 bits per heavy atom. The molecule has 21 heavy (non-hydrogen) atoms. The molecule has 1 saturated carbocycles. The molecule has 1 aliphatic heterocycles. The second-order valence-electron chi connectivity index (χ2n) is 8.53. The van der Waals surface area contributed by atoms with Gasteiger partial charge in [0.15, 0.2) is 0 Å². The maximum Gasteiger partial charge on any atom is 0.0309 e. The van der Waals surface area contributed by atoms with E-state index in [0.29, 0.717) is 5.54 Å². The Morgan fingerprint density at radius 1 is 1.05 bits per heavy atom. The minimum absolute atomic E-state index is 0.456. The summed E-state index contributed by atoms with van der Waals surface area (Å²) in [5, 5.41) is 3.94. The second kappa shape index (κ2) is 7.46. The lowest BCUT2D eigenvalue weighted by Gasteiger charge is -2.50. The second-order valence-corrected chi connectivity index (χ2v) is 8.53. The molecule has 2 heteroatoms. The molecule has 1 spiro atoms. The molecular weight excluding hydrogens is 256 g/mol. The fourth-order valence-corrected chi connectivity index (χ4v) is 4.44. The number of nitrogens with one attached hydrogen (secondary N) is 1. The summed E-state index contributed by atoms with van der Waals surface area (Å²) in [7, 11) is 0. The van der Waals surface area contributed by atoms with E-state index in [1.165, 1.54) is 58.0 Å². The maximum absolute atomic E-state index is 3.94. The van der Waals surface area contributed by atoms with E-state index >= 15 is 0 Å². The summed E-state index contributed by atoms with van der Waals surface area (Å²) in [5.74, 6) is 1.60. The van der Waals surface area contributed by atoms with Crippen LogP contribution in [0, 0.1) is 11.8 Å². The van der Waals surface area contributed by atoms with E-state index in [4.69, 9.17) is 0 Å². The molecule has 1 aliphatic carbocycles. The summed E-state index contributed by atoms with van der Waals surface area (Å²) >= 11 is 0. The predicted molar refractivity (Wildman–Crippen MR) is 92.7 cm³/mol. The summed E-state index contributed by atoms with van der Waals surface area (Å²) in [6, 6.07) is 1.47. The van der Waals surface area contributed by atoms with Gasteiger partial charge in [-0.3, -0.25) is 4.90 Å². The quantitative estimate of drug-likeness (QED) is 0.779. The highest BCUT2D eigenvalue weighted by atomic mass is 15.3. The molecule has 0 aromatic rings. The van der Waals surface area contributed by atoms with Gasteiger partial charge < -0.3 is 5.32 Å². The molecule has 2 unspecified atom stereocenters. The van der Waals surface area contributed by atoms with Gasteiger partial charge in [-0.15, -0.1) is 0 Å². The van der Waals surface area contributed by atoms with Crippen molar-refractivity contribution < 1.29 is 0 Å². The van der Waals surface area contributed by atoms with E-state index in [-0.39, 0.29) is 0 Å². The largest absolute Gasteiger partial charge is 0.308 e. The van der Waals surface area contributed by atoms with Crippen LogP contribution in [0.15, 0.2) is 0 Å². The van der Waals surface area contributed by atoms with Gasteiger partial charge in [0.05, 0.1) is 0 Å². The highest BCUT2D eigenvalue weighted by molar-refractivity contribution is 5.02. The molecule has 2 nitrogen and oxygen atoms in total. The van der Waals surface area contributed by atoms with E-state index in [9.17, 15) is 0 Å². The van der Waals surface area contributed by atoms with Gasteiger partial charge in [0, 0.05) is 30.7 Å². The zero-order valence-corrected chi connectivity index (χ0v) is 15.1. The summed E-state index contributed by atoms with van der Waals surface area (Å²) in [6.07, 6.45) is 9.79. The van der Waals surface area contributed by atoms with Gasteiger partial charge in [0.2, 0.25) is 0 Å². The molecule has 2 rings (SSSR count). The van der Waals surface area contributed by atoms with Gasteiger partial charge in [-0.05, 0) is 38.0 Å². The summed E-state index contributed by atoms with van der Waals surface area (Å²) in [5.41, 5.74) is 0.456. The van der Waals surface area contributed by atoms with Crippen molar-refractivity contribution in [1.29, 1.82) is 0 Å². The fraction of sp³-hybridized carbons (Fsp3) is 1.00. The van der Waals surface area contributed by atoms with E-state index < -0.39 is 0 Å². The average molecular weight is 295 g/mol. The Bertz CT molecular complexity index is 305. The van der Waals surface area contributed by atoms with Crippen LogP contribution in [0.5, 0.6) is 0 Å². The average Bonchev–Trinajstić information content (AvgIpc) is 2.86. The van der Waals surface area contributed by atoms with E-state index in [1.54, 1.807) is 0 Å². The minimum atomic E-state index is 0.456. The number of nitrogens with zero attached hydrogens (tertiary/aromatic N) is 1. The van der Waals surface area contributed by atoms with Crippen molar-refractivity contribution in [3.8, 4) is 0 Å². The van der Waals surface area contributed by atoms with Crippen LogP contribution in [0.25, 0.3) is 0 Å². The van der Waals surface area contributed by atoms with Gasteiger partial charge in [0.1, 0.15) is 0 Å². The number of hydrogen-bond donors (Lipinski definition) is 1. The first-order valence-corrected chi connectivity index (χ1v) is 9.44. The van der Waals surface area contributed by atoms with Crippen molar-refractivity contribution in [2.75, 3.05) is 13.1 Å². The van der Waals surface area contributed by atoms with Crippen molar-refractivity contribution in [2.24, 2.45) is 11.8 Å². The topological polar surface area (TPSA) is 15.3 Å². The van der Waals surface area contributed by atoms with Crippen LogP contribution in [-0.2, 0) is 0 Å². The molecule has 2 fully saturated rings. The third kappa shape index (κ3) is 4.45. The minimum Gasteiger partial charge on any atom is -0.308 e. The van der Waals surface area contributed by atoms with Crippen LogP contribution >= 0.6 is 0 Å². The van der Waals surface area contributed by atoms with Gasteiger partial charge in [-0.1, -0.05) is 53.4 Å². The third-order valence-corrected chi connectivity index (χ3v) is 5.90. The van der Waals surface area contributed by atoms with Gasteiger partial charge >= 0.3 is 0 Å². The number of hydrogen-bond acceptors (Lipinski definition) is 2. The SMILES string of the molecule is CC(C)CCCC(C)N1CC2(CCCC2)NCC1C(C)C. The smallest absolute Gasteiger partial charge is 0.0309 e. The molecule has 0 radical (unpaired) electrons. The summed E-state index contributed by atoms with van der Waals surface area (Å²) < 4.78 is 0. The maximum atomic E-state index is 3.94. The standard InChI is InChI=1S/C19H38N2/c1-15(2)9-8-10-17(5)21-14-19(11-6-7-12-19)20-13-18(21)16(3)4/h15-18,20H,6-14H2,1-5H3. The van der Waals surface area contributed by atoms with Crippen LogP contribution in [0.4, 0.5) is 0 Å². The van der Waals surface area contributed by atoms with Crippen molar-refractivity contribution >= 4 is 0 Å². The molecule has 0 aromatic carbocycles. The molecule has 1 saturated heterocycles. The van der Waals surface area contributed by atoms with Crippen molar-refractivity contribution in [1.82, 2.24) is 10.2 Å². The molecular formula is C19H38N2. The predicted octanol–water partition coefficient (Wildman–Crippen LogP) is 4.44. The van der Waals surface area contributed by atoms with Gasteiger partial charge in [-0.25, -0.2) is 0 Å². The first-order chi connectivity index (χ1) is 9.93. The Hall–Kier alpha value is -0.0800. The lowest BCUT2D eigenvalue weighted by molar-refractivity contribution is 0.0238. The van der Waals surface area contributed by atoms with Crippen molar-refractivity contribution in [3.05, 3.63) is 0 Å². The van der Waals surface area contributed by atoms with Gasteiger partial charge in [-0.2, -0.15) is 0 Å². The summed E-state index contributed by atoms with van der Waals surface area (Å²) in [4.78, 5) is 2.87. The molecule has 124 valence electrons. The number of piperazine rings is 1. The zero-order chi connectivity index (χ0) is 15.5. The normalized spacial score (nSPS) is 27.9. The molecule has 2 atom stereocenters.